The second kappa shape index (κ2) is 6.64. The van der Waals surface area contributed by atoms with E-state index in [0.717, 1.165) is 34.9 Å². The second-order valence-corrected chi connectivity index (χ2v) is 8.51. The number of aromatic carboxylic acids is 1. The summed E-state index contributed by atoms with van der Waals surface area (Å²) >= 11 is 1.92. The van der Waals surface area contributed by atoms with Crippen molar-refractivity contribution in [2.45, 2.75) is 24.5 Å². The highest BCUT2D eigenvalue weighted by molar-refractivity contribution is 8.00. The maximum atomic E-state index is 11.4. The van der Waals surface area contributed by atoms with Crippen LogP contribution in [0.2, 0.25) is 0 Å². The number of fused-ring (bicyclic) bond motifs is 3. The number of rotatable bonds is 4. The molecule has 0 radical (unpaired) electrons. The monoisotopic (exact) mass is 379 g/mol. The molecule has 27 heavy (non-hydrogen) atoms. The SMILES string of the molecule is O=C(O)c1ccc2c(c1)[C@@H]1C=CC[C@@H]1[C@H](c1cccc(OC3CSC3)c1)N2. The summed E-state index contributed by atoms with van der Waals surface area (Å²) < 4.78 is 6.08. The summed E-state index contributed by atoms with van der Waals surface area (Å²) in [5, 5.41) is 13.0. The fourth-order valence-corrected chi connectivity index (χ4v) is 4.88. The molecular weight excluding hydrogens is 358 g/mol. The van der Waals surface area contributed by atoms with Crippen molar-refractivity contribution in [3.63, 3.8) is 0 Å². The summed E-state index contributed by atoms with van der Waals surface area (Å²) in [7, 11) is 0. The molecule has 0 saturated carbocycles. The molecule has 4 nitrogen and oxygen atoms in total. The molecule has 2 aromatic rings. The number of nitrogens with one attached hydrogen (secondary N) is 1. The predicted octanol–water partition coefficient (Wildman–Crippen LogP) is 4.71. The molecule has 0 amide bonds. The number of carboxylic acid groups (broad SMARTS) is 1. The zero-order valence-corrected chi connectivity index (χ0v) is 15.6. The van der Waals surface area contributed by atoms with E-state index in [-0.39, 0.29) is 12.0 Å². The third kappa shape index (κ3) is 3.00. The number of carboxylic acids is 1. The lowest BCUT2D eigenvalue weighted by atomic mass is 9.76. The second-order valence-electron chi connectivity index (χ2n) is 7.43. The van der Waals surface area contributed by atoms with Crippen molar-refractivity contribution in [1.29, 1.82) is 0 Å². The van der Waals surface area contributed by atoms with Gasteiger partial charge in [-0.05, 0) is 53.8 Å². The third-order valence-electron chi connectivity index (χ3n) is 5.74. The Hall–Kier alpha value is -2.40. The van der Waals surface area contributed by atoms with Gasteiger partial charge < -0.3 is 15.2 Å². The zero-order valence-electron chi connectivity index (χ0n) is 14.8. The lowest BCUT2D eigenvalue weighted by Gasteiger charge is -2.38. The molecule has 3 aliphatic rings. The largest absolute Gasteiger partial charge is 0.489 e. The van der Waals surface area contributed by atoms with Gasteiger partial charge in [-0.25, -0.2) is 4.79 Å². The van der Waals surface area contributed by atoms with Crippen LogP contribution in [0.3, 0.4) is 0 Å². The molecular formula is C22H21NO3S. The van der Waals surface area contributed by atoms with Gasteiger partial charge in [0.15, 0.2) is 0 Å². The van der Waals surface area contributed by atoms with Crippen LogP contribution < -0.4 is 10.1 Å². The predicted molar refractivity (Wildman–Crippen MR) is 108 cm³/mol. The molecule has 1 fully saturated rings. The highest BCUT2D eigenvalue weighted by Crippen LogP contribution is 2.50. The van der Waals surface area contributed by atoms with E-state index in [9.17, 15) is 9.90 Å². The Morgan fingerprint density at radius 1 is 1.19 bits per heavy atom. The minimum atomic E-state index is -0.877. The smallest absolute Gasteiger partial charge is 0.335 e. The first kappa shape index (κ1) is 16.8. The normalized spacial score (nSPS) is 25.9. The van der Waals surface area contributed by atoms with Crippen LogP contribution in [0.5, 0.6) is 5.75 Å². The fraction of sp³-hybridized carbons (Fsp3) is 0.318. The van der Waals surface area contributed by atoms with Crippen molar-refractivity contribution in [2.24, 2.45) is 5.92 Å². The lowest BCUT2D eigenvalue weighted by Crippen LogP contribution is -2.31. The van der Waals surface area contributed by atoms with Gasteiger partial charge in [0.25, 0.3) is 0 Å². The lowest BCUT2D eigenvalue weighted by molar-refractivity contribution is 0.0696. The van der Waals surface area contributed by atoms with Gasteiger partial charge in [-0.3, -0.25) is 0 Å². The summed E-state index contributed by atoms with van der Waals surface area (Å²) in [5.41, 5.74) is 3.69. The Kier molecular flexibility index (Phi) is 4.12. The highest BCUT2D eigenvalue weighted by Gasteiger charge is 2.38. The van der Waals surface area contributed by atoms with Crippen molar-refractivity contribution in [3.8, 4) is 5.75 Å². The molecule has 2 aliphatic heterocycles. The molecule has 0 bridgehead atoms. The first-order valence-electron chi connectivity index (χ1n) is 9.34. The zero-order chi connectivity index (χ0) is 18.4. The van der Waals surface area contributed by atoms with Crippen molar-refractivity contribution in [2.75, 3.05) is 16.8 Å². The third-order valence-corrected chi connectivity index (χ3v) is 6.95. The molecule has 3 atom stereocenters. The van der Waals surface area contributed by atoms with Crippen molar-refractivity contribution < 1.29 is 14.6 Å². The van der Waals surface area contributed by atoms with Gasteiger partial charge in [0.1, 0.15) is 11.9 Å². The Bertz CT molecular complexity index is 922. The molecule has 2 N–H and O–H groups in total. The maximum absolute atomic E-state index is 11.4. The Morgan fingerprint density at radius 2 is 2.07 bits per heavy atom. The summed E-state index contributed by atoms with van der Waals surface area (Å²) in [5.74, 6) is 2.83. The molecule has 2 heterocycles. The van der Waals surface area contributed by atoms with E-state index in [1.807, 2.05) is 30.0 Å². The van der Waals surface area contributed by atoms with E-state index in [0.29, 0.717) is 17.6 Å². The van der Waals surface area contributed by atoms with Gasteiger partial charge in [-0.2, -0.15) is 11.8 Å². The standard InChI is InChI=1S/C22H21NO3S/c24-22(25)14-7-8-20-19(10-14)17-5-2-6-18(17)21(23-20)13-3-1-4-15(9-13)26-16-11-27-12-16/h1-5,7-10,16-18,21,23H,6,11-12H2,(H,24,25)/t17-,18+,21+/m1/s1. The van der Waals surface area contributed by atoms with Gasteiger partial charge in [0, 0.05) is 23.1 Å². The minimum absolute atomic E-state index is 0.187. The summed E-state index contributed by atoms with van der Waals surface area (Å²) in [6.45, 7) is 0. The van der Waals surface area contributed by atoms with Gasteiger partial charge in [0.2, 0.25) is 0 Å². The van der Waals surface area contributed by atoms with Crippen LogP contribution in [0.15, 0.2) is 54.6 Å². The van der Waals surface area contributed by atoms with Crippen LogP contribution in [-0.4, -0.2) is 28.7 Å². The molecule has 0 aromatic heterocycles. The topological polar surface area (TPSA) is 58.6 Å². The number of hydrogen-bond donors (Lipinski definition) is 2. The molecule has 0 unspecified atom stereocenters. The number of thioether (sulfide) groups is 1. The highest BCUT2D eigenvalue weighted by atomic mass is 32.2. The quantitative estimate of drug-likeness (QED) is 0.754. The Labute approximate surface area is 162 Å². The summed E-state index contributed by atoms with van der Waals surface area (Å²) in [4.78, 5) is 11.4. The summed E-state index contributed by atoms with van der Waals surface area (Å²) in [6, 6.07) is 14.0. The van der Waals surface area contributed by atoms with E-state index >= 15 is 0 Å². The van der Waals surface area contributed by atoms with Crippen molar-refractivity contribution in [1.82, 2.24) is 0 Å². The van der Waals surface area contributed by atoms with Crippen LogP contribution in [0.1, 0.15) is 39.9 Å². The fourth-order valence-electron chi connectivity index (χ4n) is 4.31. The number of ether oxygens (including phenoxy) is 1. The van der Waals surface area contributed by atoms with E-state index in [4.69, 9.17) is 4.74 Å². The number of allylic oxidation sites excluding steroid dienone is 2. The number of benzene rings is 2. The van der Waals surface area contributed by atoms with Crippen LogP contribution in [-0.2, 0) is 0 Å². The van der Waals surface area contributed by atoms with E-state index < -0.39 is 5.97 Å². The number of carbonyl (C=O) groups is 1. The van der Waals surface area contributed by atoms with Gasteiger partial charge in [-0.1, -0.05) is 24.3 Å². The van der Waals surface area contributed by atoms with Crippen LogP contribution >= 0.6 is 11.8 Å². The molecule has 5 rings (SSSR count). The molecule has 2 aromatic carbocycles. The molecule has 138 valence electrons. The Morgan fingerprint density at radius 3 is 2.85 bits per heavy atom. The minimum Gasteiger partial charge on any atom is -0.489 e. The van der Waals surface area contributed by atoms with Gasteiger partial charge in [0.05, 0.1) is 11.6 Å². The summed E-state index contributed by atoms with van der Waals surface area (Å²) in [6.07, 6.45) is 5.78. The van der Waals surface area contributed by atoms with Crippen LogP contribution in [0.25, 0.3) is 0 Å². The number of anilines is 1. The first-order chi connectivity index (χ1) is 13.2. The van der Waals surface area contributed by atoms with Gasteiger partial charge >= 0.3 is 5.97 Å². The molecule has 0 spiro atoms. The number of hydrogen-bond acceptors (Lipinski definition) is 4. The first-order valence-corrected chi connectivity index (χ1v) is 10.5. The van der Waals surface area contributed by atoms with Crippen molar-refractivity contribution >= 4 is 23.4 Å². The molecule has 1 aliphatic carbocycles. The molecule has 5 heteroatoms. The molecule has 1 saturated heterocycles. The van der Waals surface area contributed by atoms with Crippen LogP contribution in [0, 0.1) is 5.92 Å². The van der Waals surface area contributed by atoms with E-state index in [1.165, 1.54) is 5.56 Å². The maximum Gasteiger partial charge on any atom is 0.335 e. The average Bonchev–Trinajstić information content (AvgIpc) is 3.14. The van der Waals surface area contributed by atoms with Crippen molar-refractivity contribution in [3.05, 3.63) is 71.3 Å². The van der Waals surface area contributed by atoms with Crippen LogP contribution in [0.4, 0.5) is 5.69 Å². The Balaban J connectivity index is 1.47. The van der Waals surface area contributed by atoms with Gasteiger partial charge in [-0.15, -0.1) is 0 Å². The average molecular weight is 379 g/mol. The van der Waals surface area contributed by atoms with E-state index in [1.54, 1.807) is 6.07 Å². The van der Waals surface area contributed by atoms with E-state index in [2.05, 4.69) is 35.7 Å².